The van der Waals surface area contributed by atoms with E-state index in [0.29, 0.717) is 0 Å². The summed E-state index contributed by atoms with van der Waals surface area (Å²) in [5, 5.41) is 0. The van der Waals surface area contributed by atoms with Crippen LogP contribution >= 0.6 is 25.3 Å². The monoisotopic (exact) mass is 328 g/mol. The van der Waals surface area contributed by atoms with Crippen LogP contribution in [0, 0.1) is 0 Å². The molecule has 0 radical (unpaired) electrons. The van der Waals surface area contributed by atoms with Crippen LogP contribution in [0.4, 0.5) is 0 Å². The van der Waals surface area contributed by atoms with Crippen molar-refractivity contribution < 1.29 is 0 Å². The molecular weight excluding hydrogens is 304 g/mol. The lowest BCUT2D eigenvalue weighted by Gasteiger charge is -2.14. The van der Waals surface area contributed by atoms with E-state index in [-0.39, 0.29) is 0 Å². The van der Waals surface area contributed by atoms with E-state index in [0.717, 1.165) is 41.1 Å². The standard InChI is InChI=1S/C20H24S2/c1-3-8-15-12-13-16(9-4-2)18(14-15)20(22)19(21)17-10-6-5-7-11-17/h5-7,10-14,21-22H,3-4,8-9H2,1-2H3/b20-19-. The summed E-state index contributed by atoms with van der Waals surface area (Å²) in [7, 11) is 0. The maximum absolute atomic E-state index is 4.81. The zero-order valence-electron chi connectivity index (χ0n) is 13.3. The first-order valence-corrected chi connectivity index (χ1v) is 8.86. The Balaban J connectivity index is 2.50. The molecule has 22 heavy (non-hydrogen) atoms. The Morgan fingerprint density at radius 2 is 1.50 bits per heavy atom. The van der Waals surface area contributed by atoms with E-state index >= 15 is 0 Å². The highest BCUT2D eigenvalue weighted by Gasteiger charge is 2.10. The lowest BCUT2D eigenvalue weighted by molar-refractivity contribution is 0.901. The van der Waals surface area contributed by atoms with Gasteiger partial charge in [-0.3, -0.25) is 0 Å². The molecule has 0 saturated heterocycles. The van der Waals surface area contributed by atoms with Gasteiger partial charge in [-0.05, 0) is 35.1 Å². The van der Waals surface area contributed by atoms with Crippen LogP contribution in [-0.2, 0) is 12.8 Å². The Morgan fingerprint density at radius 1 is 0.818 bits per heavy atom. The first-order chi connectivity index (χ1) is 10.7. The average molecular weight is 329 g/mol. The minimum Gasteiger partial charge on any atom is -0.142 e. The third-order valence-electron chi connectivity index (χ3n) is 3.76. The van der Waals surface area contributed by atoms with Crippen molar-refractivity contribution in [2.45, 2.75) is 39.5 Å². The molecule has 0 fully saturated rings. The van der Waals surface area contributed by atoms with Crippen LogP contribution in [0.15, 0.2) is 48.5 Å². The van der Waals surface area contributed by atoms with E-state index in [1.807, 2.05) is 18.2 Å². The molecule has 0 spiro atoms. The van der Waals surface area contributed by atoms with Crippen molar-refractivity contribution in [3.63, 3.8) is 0 Å². The van der Waals surface area contributed by atoms with Crippen LogP contribution in [0.25, 0.3) is 9.81 Å². The van der Waals surface area contributed by atoms with E-state index < -0.39 is 0 Å². The van der Waals surface area contributed by atoms with Crippen molar-refractivity contribution in [2.75, 3.05) is 0 Å². The number of thiol groups is 2. The van der Waals surface area contributed by atoms with Gasteiger partial charge in [0, 0.05) is 9.81 Å². The van der Waals surface area contributed by atoms with Crippen LogP contribution in [0.5, 0.6) is 0 Å². The summed E-state index contributed by atoms with van der Waals surface area (Å²) in [4.78, 5) is 1.91. The first-order valence-electron chi connectivity index (χ1n) is 7.97. The summed E-state index contributed by atoms with van der Waals surface area (Å²) < 4.78 is 0. The maximum Gasteiger partial charge on any atom is 0.0255 e. The molecule has 0 nitrogen and oxygen atoms in total. The van der Waals surface area contributed by atoms with Gasteiger partial charge in [-0.25, -0.2) is 0 Å². The Bertz CT molecular complexity index is 642. The molecule has 2 heteroatoms. The summed E-state index contributed by atoms with van der Waals surface area (Å²) in [5.41, 5.74) is 5.07. The highest BCUT2D eigenvalue weighted by atomic mass is 32.1. The Labute approximate surface area is 145 Å². The van der Waals surface area contributed by atoms with Crippen LogP contribution in [0.2, 0.25) is 0 Å². The smallest absolute Gasteiger partial charge is 0.0255 e. The summed E-state index contributed by atoms with van der Waals surface area (Å²) in [5.74, 6) is 0. The zero-order valence-corrected chi connectivity index (χ0v) is 15.1. The van der Waals surface area contributed by atoms with E-state index in [4.69, 9.17) is 25.3 Å². The molecule has 0 atom stereocenters. The molecule has 0 unspecified atom stereocenters. The summed E-state index contributed by atoms with van der Waals surface area (Å²) in [6.07, 6.45) is 4.47. The van der Waals surface area contributed by atoms with Gasteiger partial charge in [-0.1, -0.05) is 75.2 Å². The van der Waals surface area contributed by atoms with Gasteiger partial charge in [0.05, 0.1) is 0 Å². The number of benzene rings is 2. The maximum atomic E-state index is 4.81. The number of aryl methyl sites for hydroxylation is 2. The van der Waals surface area contributed by atoms with E-state index in [1.165, 1.54) is 16.7 Å². The van der Waals surface area contributed by atoms with E-state index in [1.54, 1.807) is 0 Å². The molecule has 2 aromatic carbocycles. The molecular formula is C20H24S2. The molecule has 2 aromatic rings. The Morgan fingerprint density at radius 3 is 2.14 bits per heavy atom. The zero-order chi connectivity index (χ0) is 15.9. The van der Waals surface area contributed by atoms with Gasteiger partial charge in [0.25, 0.3) is 0 Å². The lowest BCUT2D eigenvalue weighted by atomic mass is 9.97. The van der Waals surface area contributed by atoms with Crippen molar-refractivity contribution >= 4 is 35.1 Å². The number of hydrogen-bond donors (Lipinski definition) is 2. The van der Waals surface area contributed by atoms with E-state index in [9.17, 15) is 0 Å². The fourth-order valence-corrected chi connectivity index (χ4v) is 3.24. The third kappa shape index (κ3) is 4.21. The van der Waals surface area contributed by atoms with Crippen molar-refractivity contribution in [3.8, 4) is 0 Å². The quantitative estimate of drug-likeness (QED) is 0.452. The Kier molecular flexibility index (Phi) is 6.66. The van der Waals surface area contributed by atoms with Gasteiger partial charge in [0.1, 0.15) is 0 Å². The first kappa shape index (κ1) is 17.2. The van der Waals surface area contributed by atoms with Crippen LogP contribution in [-0.4, -0.2) is 0 Å². The highest BCUT2D eigenvalue weighted by molar-refractivity contribution is 7.96. The van der Waals surface area contributed by atoms with E-state index in [2.05, 4.69) is 44.2 Å². The number of hydrogen-bond acceptors (Lipinski definition) is 2. The molecule has 0 aromatic heterocycles. The second-order valence-electron chi connectivity index (χ2n) is 5.55. The predicted octanol–water partition coefficient (Wildman–Crippen LogP) is 6.28. The summed E-state index contributed by atoms with van der Waals surface area (Å²) >= 11 is 9.54. The van der Waals surface area contributed by atoms with Crippen molar-refractivity contribution in [3.05, 3.63) is 70.8 Å². The van der Waals surface area contributed by atoms with Crippen molar-refractivity contribution in [2.24, 2.45) is 0 Å². The molecule has 2 rings (SSSR count). The molecule has 0 heterocycles. The minimum atomic E-state index is 0.940. The normalized spacial score (nSPS) is 12.2. The second kappa shape index (κ2) is 8.50. The van der Waals surface area contributed by atoms with Gasteiger partial charge in [-0.2, -0.15) is 0 Å². The minimum absolute atomic E-state index is 0.940. The molecule has 0 N–H and O–H groups in total. The van der Waals surface area contributed by atoms with Gasteiger partial charge in [0.15, 0.2) is 0 Å². The van der Waals surface area contributed by atoms with Crippen molar-refractivity contribution in [1.82, 2.24) is 0 Å². The highest BCUT2D eigenvalue weighted by Crippen LogP contribution is 2.34. The fraction of sp³-hybridized carbons (Fsp3) is 0.300. The average Bonchev–Trinajstić information content (AvgIpc) is 2.56. The summed E-state index contributed by atoms with van der Waals surface area (Å²) in [6.45, 7) is 4.43. The third-order valence-corrected chi connectivity index (χ3v) is 4.88. The summed E-state index contributed by atoms with van der Waals surface area (Å²) in [6, 6.07) is 17.0. The SMILES string of the molecule is CCCc1ccc(CCC)c(/C(S)=C(/S)c2ccccc2)c1. The van der Waals surface area contributed by atoms with Gasteiger partial charge < -0.3 is 0 Å². The topological polar surface area (TPSA) is 0 Å². The van der Waals surface area contributed by atoms with Crippen molar-refractivity contribution in [1.29, 1.82) is 0 Å². The molecule has 0 aliphatic rings. The Hall–Kier alpha value is -1.12. The predicted molar refractivity (Wildman–Crippen MR) is 106 cm³/mol. The van der Waals surface area contributed by atoms with Crippen LogP contribution in [0.1, 0.15) is 48.9 Å². The van der Waals surface area contributed by atoms with Gasteiger partial charge in [0.2, 0.25) is 0 Å². The molecule has 0 bridgehead atoms. The molecule has 0 aliphatic carbocycles. The largest absolute Gasteiger partial charge is 0.142 e. The second-order valence-corrected chi connectivity index (χ2v) is 6.45. The molecule has 116 valence electrons. The van der Waals surface area contributed by atoms with Crippen LogP contribution < -0.4 is 0 Å². The molecule has 0 amide bonds. The van der Waals surface area contributed by atoms with Gasteiger partial charge in [-0.15, -0.1) is 25.3 Å². The lowest BCUT2D eigenvalue weighted by Crippen LogP contribution is -1.95. The fourth-order valence-electron chi connectivity index (χ4n) is 2.64. The number of rotatable bonds is 6. The van der Waals surface area contributed by atoms with Gasteiger partial charge >= 0.3 is 0 Å². The molecule has 0 aliphatic heterocycles. The molecule has 0 saturated carbocycles. The van der Waals surface area contributed by atoms with Crippen LogP contribution in [0.3, 0.4) is 0 Å².